The number of carbonyl (C=O) groups is 1. The summed E-state index contributed by atoms with van der Waals surface area (Å²) in [5.74, 6) is 2.77. The molecule has 4 rings (SSSR count). The topological polar surface area (TPSA) is 59.2 Å². The van der Waals surface area contributed by atoms with Crippen molar-refractivity contribution in [2.75, 3.05) is 13.1 Å². The molecule has 2 aliphatic rings. The summed E-state index contributed by atoms with van der Waals surface area (Å²) in [5.41, 5.74) is 1.57. The molecule has 2 heterocycles. The predicted molar refractivity (Wildman–Crippen MR) is 81.2 cm³/mol. The molecule has 1 aromatic heterocycles. The Bertz CT molecular complexity index is 688. The first-order chi connectivity index (χ1) is 10.7. The van der Waals surface area contributed by atoms with E-state index in [9.17, 15) is 4.79 Å². The molecular formula is C17H19N3O2. The van der Waals surface area contributed by atoms with E-state index in [4.69, 9.17) is 4.42 Å². The van der Waals surface area contributed by atoms with E-state index in [1.165, 1.54) is 12.8 Å². The summed E-state index contributed by atoms with van der Waals surface area (Å²) in [4.78, 5) is 14.6. The Kier molecular flexibility index (Phi) is 3.21. The maximum absolute atomic E-state index is 12.6. The maximum Gasteiger partial charge on any atom is 0.253 e. The van der Waals surface area contributed by atoms with Crippen molar-refractivity contribution in [2.24, 2.45) is 11.8 Å². The highest BCUT2D eigenvalue weighted by molar-refractivity contribution is 5.94. The van der Waals surface area contributed by atoms with Crippen LogP contribution in [0.3, 0.4) is 0 Å². The Morgan fingerprint density at radius 2 is 1.91 bits per heavy atom. The standard InChI is InChI=1S/C17H19N3O2/c1-11-18-19-16(22-11)13-4-6-14(7-5-13)17(21)20-9-8-15(10-20)12-2-3-12/h4-7,12,15H,2-3,8-10H2,1H3. The van der Waals surface area contributed by atoms with Crippen molar-refractivity contribution in [1.29, 1.82) is 0 Å². The predicted octanol–water partition coefficient (Wildman–Crippen LogP) is 2.92. The molecule has 1 atom stereocenters. The molecule has 5 heteroatoms. The van der Waals surface area contributed by atoms with Gasteiger partial charge in [-0.25, -0.2) is 0 Å². The van der Waals surface area contributed by atoms with Gasteiger partial charge < -0.3 is 9.32 Å². The molecule has 0 N–H and O–H groups in total. The molecule has 1 aliphatic heterocycles. The Balaban J connectivity index is 1.47. The minimum absolute atomic E-state index is 0.136. The van der Waals surface area contributed by atoms with E-state index in [2.05, 4.69) is 10.2 Å². The summed E-state index contributed by atoms with van der Waals surface area (Å²) >= 11 is 0. The van der Waals surface area contributed by atoms with Crippen LogP contribution in [0.25, 0.3) is 11.5 Å². The number of hydrogen-bond donors (Lipinski definition) is 0. The molecule has 22 heavy (non-hydrogen) atoms. The lowest BCUT2D eigenvalue weighted by Crippen LogP contribution is -2.28. The number of aryl methyl sites for hydroxylation is 1. The van der Waals surface area contributed by atoms with E-state index in [1.54, 1.807) is 6.92 Å². The van der Waals surface area contributed by atoms with Crippen molar-refractivity contribution in [2.45, 2.75) is 26.2 Å². The minimum Gasteiger partial charge on any atom is -0.421 e. The first kappa shape index (κ1) is 13.5. The van der Waals surface area contributed by atoms with Crippen LogP contribution in [0, 0.1) is 18.8 Å². The largest absolute Gasteiger partial charge is 0.421 e. The summed E-state index contributed by atoms with van der Waals surface area (Å²) < 4.78 is 5.40. The highest BCUT2D eigenvalue weighted by atomic mass is 16.4. The van der Waals surface area contributed by atoms with Crippen LogP contribution in [0.4, 0.5) is 0 Å². The number of nitrogens with zero attached hydrogens (tertiary/aromatic N) is 3. The van der Waals surface area contributed by atoms with Crippen molar-refractivity contribution in [3.63, 3.8) is 0 Å². The van der Waals surface area contributed by atoms with Crippen LogP contribution in [0.15, 0.2) is 28.7 Å². The molecule has 1 amide bonds. The van der Waals surface area contributed by atoms with Crippen LogP contribution >= 0.6 is 0 Å². The zero-order valence-corrected chi connectivity index (χ0v) is 12.7. The second-order valence-corrected chi connectivity index (χ2v) is 6.34. The Hall–Kier alpha value is -2.17. The van der Waals surface area contributed by atoms with Crippen LogP contribution in [0.5, 0.6) is 0 Å². The fourth-order valence-corrected chi connectivity index (χ4v) is 3.28. The minimum atomic E-state index is 0.136. The second-order valence-electron chi connectivity index (χ2n) is 6.34. The third-order valence-electron chi connectivity index (χ3n) is 4.71. The lowest BCUT2D eigenvalue weighted by molar-refractivity contribution is 0.0786. The molecule has 1 unspecified atom stereocenters. The van der Waals surface area contributed by atoms with Gasteiger partial charge in [-0.1, -0.05) is 0 Å². The molecule has 5 nitrogen and oxygen atoms in total. The molecule has 1 aliphatic carbocycles. The quantitative estimate of drug-likeness (QED) is 0.874. The van der Waals surface area contributed by atoms with E-state index >= 15 is 0 Å². The fraction of sp³-hybridized carbons (Fsp3) is 0.471. The molecule has 1 aromatic carbocycles. The molecule has 2 aromatic rings. The van der Waals surface area contributed by atoms with Gasteiger partial charge in [-0.15, -0.1) is 10.2 Å². The van der Waals surface area contributed by atoms with Gasteiger partial charge >= 0.3 is 0 Å². The first-order valence-corrected chi connectivity index (χ1v) is 7.90. The zero-order valence-electron chi connectivity index (χ0n) is 12.7. The van der Waals surface area contributed by atoms with Crippen molar-refractivity contribution in [3.8, 4) is 11.5 Å². The fourth-order valence-electron chi connectivity index (χ4n) is 3.28. The van der Waals surface area contributed by atoms with Crippen molar-refractivity contribution in [1.82, 2.24) is 15.1 Å². The molecule has 2 fully saturated rings. The van der Waals surface area contributed by atoms with Crippen LogP contribution in [-0.4, -0.2) is 34.1 Å². The van der Waals surface area contributed by atoms with Gasteiger partial charge in [0.15, 0.2) is 0 Å². The van der Waals surface area contributed by atoms with Crippen LogP contribution in [0.1, 0.15) is 35.5 Å². The van der Waals surface area contributed by atoms with E-state index < -0.39 is 0 Å². The van der Waals surface area contributed by atoms with Crippen LogP contribution in [0.2, 0.25) is 0 Å². The summed E-state index contributed by atoms with van der Waals surface area (Å²) in [6.07, 6.45) is 3.87. The van der Waals surface area contributed by atoms with Crippen molar-refractivity contribution in [3.05, 3.63) is 35.7 Å². The van der Waals surface area contributed by atoms with Crippen molar-refractivity contribution >= 4 is 5.91 Å². The number of benzene rings is 1. The molecule has 1 saturated carbocycles. The van der Waals surface area contributed by atoms with Gasteiger partial charge in [-0.05, 0) is 55.4 Å². The highest BCUT2D eigenvalue weighted by Crippen LogP contribution is 2.41. The lowest BCUT2D eigenvalue weighted by atomic mass is 10.0. The average Bonchev–Trinajstić information content (AvgIpc) is 3.11. The molecular weight excluding hydrogens is 278 g/mol. The maximum atomic E-state index is 12.6. The summed E-state index contributed by atoms with van der Waals surface area (Å²) in [6, 6.07) is 7.44. The van der Waals surface area contributed by atoms with E-state index in [1.807, 2.05) is 29.2 Å². The Morgan fingerprint density at radius 1 is 1.14 bits per heavy atom. The molecule has 0 radical (unpaired) electrons. The van der Waals surface area contributed by atoms with Crippen molar-refractivity contribution < 1.29 is 9.21 Å². The highest BCUT2D eigenvalue weighted by Gasteiger charge is 2.37. The second kappa shape index (κ2) is 5.23. The molecule has 0 spiro atoms. The number of rotatable bonds is 3. The van der Waals surface area contributed by atoms with Gasteiger partial charge in [0.2, 0.25) is 11.8 Å². The van der Waals surface area contributed by atoms with Gasteiger partial charge in [-0.3, -0.25) is 4.79 Å². The van der Waals surface area contributed by atoms with Gasteiger partial charge in [0.25, 0.3) is 5.91 Å². The van der Waals surface area contributed by atoms with Crippen LogP contribution in [-0.2, 0) is 0 Å². The zero-order chi connectivity index (χ0) is 15.1. The third kappa shape index (κ3) is 2.51. The molecule has 1 saturated heterocycles. The number of carbonyl (C=O) groups excluding carboxylic acids is 1. The van der Waals surface area contributed by atoms with Gasteiger partial charge in [0.05, 0.1) is 0 Å². The summed E-state index contributed by atoms with van der Waals surface area (Å²) in [6.45, 7) is 3.58. The van der Waals surface area contributed by atoms with Gasteiger partial charge in [-0.2, -0.15) is 0 Å². The number of likely N-dealkylation sites (tertiary alicyclic amines) is 1. The molecule has 114 valence electrons. The van der Waals surface area contributed by atoms with Gasteiger partial charge in [0, 0.05) is 31.1 Å². The Morgan fingerprint density at radius 3 is 2.55 bits per heavy atom. The normalized spacial score (nSPS) is 21.3. The first-order valence-electron chi connectivity index (χ1n) is 7.90. The van der Waals surface area contributed by atoms with Gasteiger partial charge in [0.1, 0.15) is 0 Å². The van der Waals surface area contributed by atoms with E-state index in [0.717, 1.165) is 42.5 Å². The number of amides is 1. The van der Waals surface area contributed by atoms with E-state index in [0.29, 0.717) is 11.8 Å². The molecule has 0 bridgehead atoms. The number of aromatic nitrogens is 2. The monoisotopic (exact) mass is 297 g/mol. The number of hydrogen-bond acceptors (Lipinski definition) is 4. The van der Waals surface area contributed by atoms with Crippen LogP contribution < -0.4 is 0 Å². The van der Waals surface area contributed by atoms with E-state index in [-0.39, 0.29) is 5.91 Å². The SMILES string of the molecule is Cc1nnc(-c2ccc(C(=O)N3CCC(C4CC4)C3)cc2)o1. The average molecular weight is 297 g/mol. The third-order valence-corrected chi connectivity index (χ3v) is 4.71. The lowest BCUT2D eigenvalue weighted by Gasteiger charge is -2.16. The summed E-state index contributed by atoms with van der Waals surface area (Å²) in [5, 5.41) is 7.81. The Labute approximate surface area is 129 Å². The smallest absolute Gasteiger partial charge is 0.253 e. The summed E-state index contributed by atoms with van der Waals surface area (Å²) in [7, 11) is 0.